The lowest BCUT2D eigenvalue weighted by Crippen LogP contribution is -2.24. The minimum absolute atomic E-state index is 0.128. The monoisotopic (exact) mass is 513 g/mol. The summed E-state index contributed by atoms with van der Waals surface area (Å²) >= 11 is 0. The van der Waals surface area contributed by atoms with Gasteiger partial charge in [-0.1, -0.05) is 11.6 Å². The summed E-state index contributed by atoms with van der Waals surface area (Å²) < 4.78 is 25.9. The maximum atomic E-state index is 14.2. The predicted molar refractivity (Wildman–Crippen MR) is 142 cm³/mol. The van der Waals surface area contributed by atoms with Crippen molar-refractivity contribution in [1.29, 1.82) is 5.26 Å². The molecule has 3 aliphatic heterocycles. The van der Waals surface area contributed by atoms with E-state index >= 15 is 0 Å². The largest absolute Gasteiger partial charge is 0.486 e. The first-order valence-corrected chi connectivity index (χ1v) is 13.0. The number of aromatic nitrogens is 1. The van der Waals surface area contributed by atoms with Gasteiger partial charge in [0.2, 0.25) is 5.91 Å². The van der Waals surface area contributed by atoms with Gasteiger partial charge in [0.15, 0.2) is 0 Å². The van der Waals surface area contributed by atoms with Crippen molar-refractivity contribution in [1.82, 2.24) is 10.3 Å². The summed E-state index contributed by atoms with van der Waals surface area (Å²) in [6.45, 7) is 3.42. The molecule has 38 heavy (non-hydrogen) atoms. The zero-order valence-corrected chi connectivity index (χ0v) is 20.9. The number of benzene rings is 2. The second-order valence-electron chi connectivity index (χ2n) is 9.82. The van der Waals surface area contributed by atoms with Gasteiger partial charge in [0.25, 0.3) is 0 Å². The molecular weight excluding hydrogens is 485 g/mol. The lowest BCUT2D eigenvalue weighted by Gasteiger charge is -2.24. The molecule has 0 saturated carbocycles. The van der Waals surface area contributed by atoms with E-state index in [9.17, 15) is 14.4 Å². The predicted octanol–water partition coefficient (Wildman–Crippen LogP) is 4.36. The summed E-state index contributed by atoms with van der Waals surface area (Å²) in [5.74, 6) is -0.0599. The highest BCUT2D eigenvalue weighted by atomic mass is 19.1. The van der Waals surface area contributed by atoms with Gasteiger partial charge < -0.3 is 25.0 Å². The van der Waals surface area contributed by atoms with Crippen LogP contribution in [0.3, 0.4) is 0 Å². The van der Waals surface area contributed by atoms with Crippen molar-refractivity contribution < 1.29 is 18.7 Å². The molecule has 1 aromatic heterocycles. The van der Waals surface area contributed by atoms with Crippen LogP contribution in [-0.2, 0) is 16.0 Å². The van der Waals surface area contributed by atoms with Crippen LogP contribution < -0.4 is 20.3 Å². The van der Waals surface area contributed by atoms with Gasteiger partial charge in [-0.25, -0.2) is 4.39 Å². The van der Waals surface area contributed by atoms with Gasteiger partial charge in [-0.3, -0.25) is 9.78 Å². The number of nitriles is 1. The van der Waals surface area contributed by atoms with E-state index < -0.39 is 0 Å². The normalized spacial score (nSPS) is 18.8. The lowest BCUT2D eigenvalue weighted by molar-refractivity contribution is -0.112. The summed E-state index contributed by atoms with van der Waals surface area (Å²) in [6, 6.07) is 10.6. The number of hydrogen-bond acceptors (Lipinski definition) is 7. The number of carbonyl (C=O) groups excluding carboxylic acids is 1. The van der Waals surface area contributed by atoms with E-state index in [-0.39, 0.29) is 17.8 Å². The average Bonchev–Trinajstić information content (AvgIpc) is 3.58. The van der Waals surface area contributed by atoms with Crippen molar-refractivity contribution in [2.24, 2.45) is 0 Å². The fourth-order valence-corrected chi connectivity index (χ4v) is 5.39. The Balaban J connectivity index is 1.45. The second-order valence-corrected chi connectivity index (χ2v) is 9.82. The molecule has 2 fully saturated rings. The van der Waals surface area contributed by atoms with E-state index in [0.29, 0.717) is 53.3 Å². The summed E-state index contributed by atoms with van der Waals surface area (Å²) in [7, 11) is 0. The first kappa shape index (κ1) is 24.3. The number of anilines is 3. The molecule has 6 rings (SSSR count). The molecule has 0 aliphatic carbocycles. The standard InChI is InChI=1S/C29H28FN5O3/c30-21-2-1-19-5-9-35(26(19)12-21)29-20(15-31)16-33-24-14-27(38-22-6-10-37-17-22)25(13-23(24)29)34-28(36)11-18-3-7-32-8-4-18/h1-2,11-14,16,22,32H,3-10,17H2,(H,34,36). The molecule has 3 aromatic rings. The van der Waals surface area contributed by atoms with Crippen LogP contribution in [0.1, 0.15) is 30.4 Å². The SMILES string of the molecule is N#Cc1cnc2cc(OC3CCOC3)c(NC(=O)C=C3CCNCC3)cc2c1N1CCc2ccc(F)cc21. The Bertz CT molecular complexity index is 1470. The molecular formula is C29H28FN5O3. The molecule has 194 valence electrons. The molecule has 2 N–H and O–H groups in total. The summed E-state index contributed by atoms with van der Waals surface area (Å²) in [5.41, 5.74) is 4.98. The first-order valence-electron chi connectivity index (χ1n) is 13.0. The zero-order chi connectivity index (χ0) is 26.1. The van der Waals surface area contributed by atoms with Gasteiger partial charge in [0, 0.05) is 42.4 Å². The van der Waals surface area contributed by atoms with E-state index in [0.717, 1.165) is 55.6 Å². The molecule has 3 aliphatic rings. The maximum absolute atomic E-state index is 14.2. The van der Waals surface area contributed by atoms with Crippen molar-refractivity contribution in [2.75, 3.05) is 43.1 Å². The van der Waals surface area contributed by atoms with E-state index in [2.05, 4.69) is 21.7 Å². The number of nitrogens with one attached hydrogen (secondary N) is 2. The topological polar surface area (TPSA) is 99.5 Å². The van der Waals surface area contributed by atoms with Crippen molar-refractivity contribution in [3.8, 4) is 11.8 Å². The van der Waals surface area contributed by atoms with E-state index in [1.807, 2.05) is 11.0 Å². The minimum Gasteiger partial charge on any atom is -0.486 e. The highest BCUT2D eigenvalue weighted by molar-refractivity contribution is 6.05. The summed E-state index contributed by atoms with van der Waals surface area (Å²) in [5, 5.41) is 17.0. The Kier molecular flexibility index (Phi) is 6.66. The highest BCUT2D eigenvalue weighted by Crippen LogP contribution is 2.43. The molecule has 0 bridgehead atoms. The minimum atomic E-state index is -0.333. The summed E-state index contributed by atoms with van der Waals surface area (Å²) in [6.07, 6.45) is 6.23. The van der Waals surface area contributed by atoms with Crippen molar-refractivity contribution in [2.45, 2.75) is 31.8 Å². The molecule has 4 heterocycles. The number of carbonyl (C=O) groups is 1. The Morgan fingerprint density at radius 3 is 2.92 bits per heavy atom. The van der Waals surface area contributed by atoms with Crippen LogP contribution in [0.15, 0.2) is 48.2 Å². The Hall–Kier alpha value is -4.00. The van der Waals surface area contributed by atoms with Crippen LogP contribution in [0.2, 0.25) is 0 Å². The van der Waals surface area contributed by atoms with E-state index in [1.54, 1.807) is 18.2 Å². The van der Waals surface area contributed by atoms with Gasteiger partial charge >= 0.3 is 0 Å². The van der Waals surface area contributed by atoms with Gasteiger partial charge in [0.05, 0.1) is 35.7 Å². The number of halogens is 1. The van der Waals surface area contributed by atoms with Crippen LogP contribution in [0.25, 0.3) is 10.9 Å². The Morgan fingerprint density at radius 2 is 2.13 bits per heavy atom. The van der Waals surface area contributed by atoms with Crippen molar-refractivity contribution in [3.05, 3.63) is 65.1 Å². The van der Waals surface area contributed by atoms with Crippen LogP contribution >= 0.6 is 0 Å². The molecule has 0 spiro atoms. The van der Waals surface area contributed by atoms with Crippen LogP contribution in [0.5, 0.6) is 5.75 Å². The lowest BCUT2D eigenvalue weighted by atomic mass is 10.0. The first-order chi connectivity index (χ1) is 18.6. The average molecular weight is 514 g/mol. The Labute approximate surface area is 220 Å². The second kappa shape index (κ2) is 10.4. The molecule has 1 atom stereocenters. The quantitative estimate of drug-likeness (QED) is 0.489. The van der Waals surface area contributed by atoms with Crippen molar-refractivity contribution in [3.63, 3.8) is 0 Å². The number of piperidine rings is 1. The number of hydrogen-bond donors (Lipinski definition) is 2. The molecule has 2 saturated heterocycles. The van der Waals surface area contributed by atoms with E-state index in [4.69, 9.17) is 9.47 Å². The summed E-state index contributed by atoms with van der Waals surface area (Å²) in [4.78, 5) is 19.6. The van der Waals surface area contributed by atoms with Gasteiger partial charge in [-0.05, 0) is 56.1 Å². The fraction of sp³-hybridized carbons (Fsp3) is 0.345. The van der Waals surface area contributed by atoms with Crippen LogP contribution in [0, 0.1) is 17.1 Å². The highest BCUT2D eigenvalue weighted by Gasteiger charge is 2.27. The molecule has 2 aromatic carbocycles. The van der Waals surface area contributed by atoms with Crippen LogP contribution in [0.4, 0.5) is 21.5 Å². The molecule has 1 amide bonds. The number of rotatable bonds is 5. The molecule has 1 unspecified atom stereocenters. The molecule has 0 radical (unpaired) electrons. The molecule has 9 heteroatoms. The maximum Gasteiger partial charge on any atom is 0.248 e. The number of amides is 1. The van der Waals surface area contributed by atoms with Gasteiger partial charge in [-0.2, -0.15) is 5.26 Å². The number of pyridine rings is 1. The van der Waals surface area contributed by atoms with Gasteiger partial charge in [0.1, 0.15) is 23.7 Å². The van der Waals surface area contributed by atoms with E-state index in [1.165, 1.54) is 18.3 Å². The van der Waals surface area contributed by atoms with Crippen molar-refractivity contribution >= 4 is 33.9 Å². The third-order valence-corrected chi connectivity index (χ3v) is 7.29. The Morgan fingerprint density at radius 1 is 1.26 bits per heavy atom. The zero-order valence-electron chi connectivity index (χ0n) is 20.9. The number of nitrogens with zero attached hydrogens (tertiary/aromatic N) is 3. The third-order valence-electron chi connectivity index (χ3n) is 7.29. The smallest absolute Gasteiger partial charge is 0.248 e. The third kappa shape index (κ3) is 4.80. The van der Waals surface area contributed by atoms with Crippen LogP contribution in [-0.4, -0.2) is 49.8 Å². The fourth-order valence-electron chi connectivity index (χ4n) is 5.39. The number of ether oxygens (including phenoxy) is 2. The number of fused-ring (bicyclic) bond motifs is 2. The molecule has 8 nitrogen and oxygen atoms in total. The van der Waals surface area contributed by atoms with Gasteiger partial charge in [-0.15, -0.1) is 0 Å².